The van der Waals surface area contributed by atoms with Gasteiger partial charge in [-0.25, -0.2) is 4.79 Å². The third-order valence-corrected chi connectivity index (χ3v) is 4.92. The van der Waals surface area contributed by atoms with Crippen molar-refractivity contribution in [2.24, 2.45) is 0 Å². The Hall–Kier alpha value is -2.32. The molecule has 0 radical (unpaired) electrons. The number of anilines is 1. The summed E-state index contributed by atoms with van der Waals surface area (Å²) in [5.41, 5.74) is 1.49. The summed E-state index contributed by atoms with van der Waals surface area (Å²) in [6.07, 6.45) is 0. The SMILES string of the molecule is COC(=O)c1cc(C)sc1NC(=S)N[C@H](C)c1ccc2c(c1)OCO2. The number of fused-ring (bicyclic) bond motifs is 1. The van der Waals surface area contributed by atoms with Crippen molar-refractivity contribution in [3.05, 3.63) is 40.3 Å². The Labute approximate surface area is 155 Å². The van der Waals surface area contributed by atoms with Crippen LogP contribution in [0.4, 0.5) is 5.00 Å². The molecule has 0 unspecified atom stereocenters. The van der Waals surface area contributed by atoms with E-state index in [1.807, 2.05) is 32.0 Å². The molecule has 0 spiro atoms. The molecule has 0 saturated carbocycles. The highest BCUT2D eigenvalue weighted by Crippen LogP contribution is 2.34. The van der Waals surface area contributed by atoms with E-state index in [4.69, 9.17) is 26.4 Å². The van der Waals surface area contributed by atoms with E-state index in [9.17, 15) is 4.79 Å². The number of hydrogen-bond donors (Lipinski definition) is 2. The minimum Gasteiger partial charge on any atom is -0.465 e. The van der Waals surface area contributed by atoms with E-state index in [2.05, 4.69) is 10.6 Å². The van der Waals surface area contributed by atoms with Gasteiger partial charge < -0.3 is 24.8 Å². The van der Waals surface area contributed by atoms with Crippen molar-refractivity contribution in [1.29, 1.82) is 0 Å². The molecule has 1 aliphatic rings. The number of carbonyl (C=O) groups is 1. The van der Waals surface area contributed by atoms with E-state index >= 15 is 0 Å². The first-order valence-electron chi connectivity index (χ1n) is 7.63. The smallest absolute Gasteiger partial charge is 0.340 e. The van der Waals surface area contributed by atoms with Gasteiger partial charge in [0.2, 0.25) is 6.79 Å². The molecule has 2 aromatic rings. The molecule has 0 amide bonds. The molecule has 2 heterocycles. The molecule has 8 heteroatoms. The summed E-state index contributed by atoms with van der Waals surface area (Å²) in [5, 5.41) is 7.38. The summed E-state index contributed by atoms with van der Waals surface area (Å²) in [4.78, 5) is 12.8. The van der Waals surface area contributed by atoms with E-state index in [1.54, 1.807) is 6.07 Å². The van der Waals surface area contributed by atoms with E-state index in [0.29, 0.717) is 15.7 Å². The first-order valence-corrected chi connectivity index (χ1v) is 8.86. The van der Waals surface area contributed by atoms with Gasteiger partial charge in [-0.2, -0.15) is 0 Å². The second kappa shape index (κ2) is 7.28. The molecule has 6 nitrogen and oxygen atoms in total. The van der Waals surface area contributed by atoms with Crippen LogP contribution in [0.1, 0.15) is 33.8 Å². The fourth-order valence-corrected chi connectivity index (χ4v) is 3.72. The lowest BCUT2D eigenvalue weighted by atomic mass is 10.1. The first kappa shape index (κ1) is 17.5. The average Bonchev–Trinajstić information content (AvgIpc) is 3.19. The number of thiophene rings is 1. The fraction of sp³-hybridized carbons (Fsp3) is 0.294. The van der Waals surface area contributed by atoms with Gasteiger partial charge in [0.15, 0.2) is 16.6 Å². The Morgan fingerprint density at radius 3 is 2.84 bits per heavy atom. The number of nitrogens with one attached hydrogen (secondary N) is 2. The van der Waals surface area contributed by atoms with Crippen LogP contribution in [0.25, 0.3) is 0 Å². The van der Waals surface area contributed by atoms with Crippen molar-refractivity contribution in [3.8, 4) is 11.5 Å². The molecular weight excluding hydrogens is 360 g/mol. The molecule has 1 aromatic carbocycles. The van der Waals surface area contributed by atoms with Gasteiger partial charge in [0, 0.05) is 4.88 Å². The number of rotatable bonds is 4. The van der Waals surface area contributed by atoms with Crippen molar-refractivity contribution in [3.63, 3.8) is 0 Å². The van der Waals surface area contributed by atoms with Crippen molar-refractivity contribution >= 4 is 39.6 Å². The maximum absolute atomic E-state index is 11.8. The molecule has 1 aromatic heterocycles. The quantitative estimate of drug-likeness (QED) is 0.622. The molecule has 0 aliphatic carbocycles. The predicted octanol–water partition coefficient (Wildman–Crippen LogP) is 3.62. The van der Waals surface area contributed by atoms with Gasteiger partial charge in [-0.1, -0.05) is 6.07 Å². The standard InChI is InChI=1S/C17H18N2O4S2/c1-9-6-12(16(20)21-3)15(25-9)19-17(24)18-10(2)11-4-5-13-14(7-11)23-8-22-13/h4-7,10H,8H2,1-3H3,(H2,18,19,24)/t10-/m1/s1. The number of thiocarbonyl (C=S) groups is 1. The second-order valence-corrected chi connectivity index (χ2v) is 7.19. The summed E-state index contributed by atoms with van der Waals surface area (Å²) >= 11 is 6.83. The zero-order chi connectivity index (χ0) is 18.0. The number of methoxy groups -OCH3 is 1. The molecule has 1 aliphatic heterocycles. The van der Waals surface area contributed by atoms with Crippen molar-refractivity contribution < 1.29 is 19.0 Å². The first-order chi connectivity index (χ1) is 12.0. The van der Waals surface area contributed by atoms with Gasteiger partial charge in [0.25, 0.3) is 0 Å². The van der Waals surface area contributed by atoms with Crippen LogP contribution >= 0.6 is 23.6 Å². The number of aryl methyl sites for hydroxylation is 1. The Morgan fingerprint density at radius 2 is 2.08 bits per heavy atom. The summed E-state index contributed by atoms with van der Waals surface area (Å²) in [7, 11) is 1.36. The van der Waals surface area contributed by atoms with Crippen LogP contribution in [0, 0.1) is 6.92 Å². The Bertz CT molecular complexity index is 819. The van der Waals surface area contributed by atoms with Gasteiger partial charge in [-0.05, 0) is 49.8 Å². The van der Waals surface area contributed by atoms with Crippen LogP contribution < -0.4 is 20.1 Å². The Kier molecular flexibility index (Phi) is 5.10. The highest BCUT2D eigenvalue weighted by atomic mass is 32.1. The molecular formula is C17H18N2O4S2. The van der Waals surface area contributed by atoms with E-state index < -0.39 is 5.97 Å². The summed E-state index contributed by atoms with van der Waals surface area (Å²) in [5.74, 6) is 1.08. The third-order valence-electron chi connectivity index (χ3n) is 3.73. The normalized spacial score (nSPS) is 13.2. The number of carbonyl (C=O) groups excluding carboxylic acids is 1. The highest BCUT2D eigenvalue weighted by Gasteiger charge is 2.18. The maximum atomic E-state index is 11.8. The fourth-order valence-electron chi connectivity index (χ4n) is 2.47. The van der Waals surface area contributed by atoms with E-state index in [1.165, 1.54) is 18.4 Å². The van der Waals surface area contributed by atoms with Crippen LogP contribution in [0.3, 0.4) is 0 Å². The van der Waals surface area contributed by atoms with Crippen LogP contribution in [0.15, 0.2) is 24.3 Å². The second-order valence-electron chi connectivity index (χ2n) is 5.52. The molecule has 25 heavy (non-hydrogen) atoms. The maximum Gasteiger partial charge on any atom is 0.340 e. The van der Waals surface area contributed by atoms with Gasteiger partial charge in [-0.3, -0.25) is 0 Å². The lowest BCUT2D eigenvalue weighted by Crippen LogP contribution is -2.31. The van der Waals surface area contributed by atoms with Crippen LogP contribution in [0.5, 0.6) is 11.5 Å². The molecule has 0 saturated heterocycles. The Balaban J connectivity index is 1.67. The third kappa shape index (κ3) is 3.85. The van der Waals surface area contributed by atoms with Crippen molar-refractivity contribution in [1.82, 2.24) is 5.32 Å². The molecule has 2 N–H and O–H groups in total. The van der Waals surface area contributed by atoms with Crippen LogP contribution in [-0.4, -0.2) is 25.0 Å². The zero-order valence-electron chi connectivity index (χ0n) is 14.0. The summed E-state index contributed by atoms with van der Waals surface area (Å²) in [6.45, 7) is 4.16. The van der Waals surface area contributed by atoms with Gasteiger partial charge in [0.1, 0.15) is 5.00 Å². The number of benzene rings is 1. The number of ether oxygens (including phenoxy) is 3. The van der Waals surface area contributed by atoms with E-state index in [0.717, 1.165) is 21.9 Å². The minimum atomic E-state index is -0.390. The van der Waals surface area contributed by atoms with Crippen LogP contribution in [-0.2, 0) is 4.74 Å². The molecule has 0 fully saturated rings. The predicted molar refractivity (Wildman–Crippen MR) is 101 cm³/mol. The van der Waals surface area contributed by atoms with Crippen molar-refractivity contribution in [2.45, 2.75) is 19.9 Å². The van der Waals surface area contributed by atoms with Crippen LogP contribution in [0.2, 0.25) is 0 Å². The molecule has 132 valence electrons. The zero-order valence-corrected chi connectivity index (χ0v) is 15.7. The highest BCUT2D eigenvalue weighted by molar-refractivity contribution is 7.80. The average molecular weight is 378 g/mol. The molecule has 1 atom stereocenters. The lowest BCUT2D eigenvalue weighted by Gasteiger charge is -2.17. The largest absolute Gasteiger partial charge is 0.465 e. The van der Waals surface area contributed by atoms with E-state index in [-0.39, 0.29) is 12.8 Å². The van der Waals surface area contributed by atoms with Gasteiger partial charge in [-0.15, -0.1) is 11.3 Å². The molecule has 3 rings (SSSR count). The topological polar surface area (TPSA) is 68.8 Å². The molecule has 0 bridgehead atoms. The van der Waals surface area contributed by atoms with Gasteiger partial charge in [0.05, 0.1) is 18.7 Å². The Morgan fingerprint density at radius 1 is 1.32 bits per heavy atom. The lowest BCUT2D eigenvalue weighted by molar-refractivity contribution is 0.0602. The number of hydrogen-bond acceptors (Lipinski definition) is 6. The summed E-state index contributed by atoms with van der Waals surface area (Å²) < 4.78 is 15.5. The monoisotopic (exact) mass is 378 g/mol. The van der Waals surface area contributed by atoms with Crippen molar-refractivity contribution in [2.75, 3.05) is 19.2 Å². The number of esters is 1. The minimum absolute atomic E-state index is 0.0443. The van der Waals surface area contributed by atoms with Gasteiger partial charge >= 0.3 is 5.97 Å². The summed E-state index contributed by atoms with van der Waals surface area (Å²) in [6, 6.07) is 7.51.